The van der Waals surface area contributed by atoms with Gasteiger partial charge in [-0.15, -0.1) is 0 Å². The number of thiazole rings is 1. The van der Waals surface area contributed by atoms with Gasteiger partial charge in [0.05, 0.1) is 16.5 Å². The van der Waals surface area contributed by atoms with Gasteiger partial charge in [-0.1, -0.05) is 43.4 Å². The van der Waals surface area contributed by atoms with Gasteiger partial charge in [-0.2, -0.15) is 0 Å². The van der Waals surface area contributed by atoms with E-state index in [9.17, 15) is 4.79 Å². The van der Waals surface area contributed by atoms with Gasteiger partial charge in [0, 0.05) is 25.5 Å². The summed E-state index contributed by atoms with van der Waals surface area (Å²) in [6.45, 7) is 9.79. The lowest BCUT2D eigenvalue weighted by atomic mass is 10.0. The Bertz CT molecular complexity index is 1210. The minimum atomic E-state index is -0.0954. The zero-order chi connectivity index (χ0) is 23.4. The number of hydrogen-bond acceptors (Lipinski definition) is 5. The maximum Gasteiger partial charge on any atom is 0.266 e. The Morgan fingerprint density at radius 2 is 1.94 bits per heavy atom. The first-order chi connectivity index (χ1) is 15.9. The Morgan fingerprint density at radius 3 is 2.64 bits per heavy atom. The fourth-order valence-corrected chi connectivity index (χ4v) is 4.73. The molecule has 0 unspecified atom stereocenters. The molecule has 0 aliphatic rings. The number of hydrogen-bond donors (Lipinski definition) is 0. The van der Waals surface area contributed by atoms with E-state index in [4.69, 9.17) is 9.72 Å². The highest BCUT2D eigenvalue weighted by Crippen LogP contribution is 2.32. The van der Waals surface area contributed by atoms with Crippen LogP contribution in [-0.4, -0.2) is 33.6 Å². The summed E-state index contributed by atoms with van der Waals surface area (Å²) in [5.41, 5.74) is 4.57. The number of carbonyl (C=O) groups is 1. The summed E-state index contributed by atoms with van der Waals surface area (Å²) < 4.78 is 8.95. The Kier molecular flexibility index (Phi) is 7.08. The fraction of sp³-hybridized carbons (Fsp3) is 0.346. The van der Waals surface area contributed by atoms with Crippen LogP contribution in [0.5, 0.6) is 5.75 Å². The molecule has 0 aliphatic heterocycles. The van der Waals surface area contributed by atoms with Crippen molar-refractivity contribution in [2.75, 3.05) is 18.1 Å². The molecule has 0 radical (unpaired) electrons. The Hall–Kier alpha value is -3.19. The number of anilines is 1. The van der Waals surface area contributed by atoms with Crippen LogP contribution in [0.3, 0.4) is 0 Å². The molecule has 6 nitrogen and oxygen atoms in total. The third-order valence-corrected chi connectivity index (χ3v) is 6.92. The first-order valence-electron chi connectivity index (χ1n) is 11.3. The van der Waals surface area contributed by atoms with Crippen LogP contribution in [-0.2, 0) is 11.3 Å². The van der Waals surface area contributed by atoms with Crippen molar-refractivity contribution in [3.05, 3.63) is 71.8 Å². The fourth-order valence-electron chi connectivity index (χ4n) is 3.66. The third kappa shape index (κ3) is 5.42. The van der Waals surface area contributed by atoms with E-state index in [-0.39, 0.29) is 12.5 Å². The van der Waals surface area contributed by atoms with Gasteiger partial charge in [-0.25, -0.2) is 9.97 Å². The maximum atomic E-state index is 13.3. The van der Waals surface area contributed by atoms with Crippen molar-refractivity contribution in [1.82, 2.24) is 14.5 Å². The molecule has 0 atom stereocenters. The number of benzene rings is 2. The summed E-state index contributed by atoms with van der Waals surface area (Å²) in [7, 11) is 0. The van der Waals surface area contributed by atoms with Crippen LogP contribution in [0.4, 0.5) is 5.13 Å². The molecule has 4 rings (SSSR count). The molecule has 0 saturated heterocycles. The Labute approximate surface area is 198 Å². The molecule has 172 valence electrons. The van der Waals surface area contributed by atoms with Crippen molar-refractivity contribution in [3.63, 3.8) is 0 Å². The zero-order valence-electron chi connectivity index (χ0n) is 19.6. The van der Waals surface area contributed by atoms with E-state index in [0.717, 1.165) is 28.7 Å². The van der Waals surface area contributed by atoms with Gasteiger partial charge >= 0.3 is 0 Å². The standard InChI is InChI=1S/C26H30N4O2S/c1-18(2)21-7-9-22(10-8-21)32-16-24(31)30(14-5-13-29-15-12-27-17-29)26-28-25-20(4)19(3)6-11-23(25)33-26/h6-12,15,17-18H,5,13-14,16H2,1-4H3. The quantitative estimate of drug-likeness (QED) is 0.318. The first-order valence-corrected chi connectivity index (χ1v) is 12.1. The summed E-state index contributed by atoms with van der Waals surface area (Å²) in [5, 5.41) is 0.716. The number of nitrogens with zero attached hydrogens (tertiary/aromatic N) is 4. The average Bonchev–Trinajstić information content (AvgIpc) is 3.48. The average molecular weight is 463 g/mol. The van der Waals surface area contributed by atoms with E-state index in [2.05, 4.69) is 44.8 Å². The molecule has 0 fully saturated rings. The zero-order valence-corrected chi connectivity index (χ0v) is 20.4. The molecule has 0 bridgehead atoms. The number of carbonyl (C=O) groups excluding carboxylic acids is 1. The number of amides is 1. The number of fused-ring (bicyclic) bond motifs is 1. The second kappa shape index (κ2) is 10.2. The second-order valence-corrected chi connectivity index (χ2v) is 9.57. The van der Waals surface area contributed by atoms with Gasteiger partial charge in [0.25, 0.3) is 5.91 Å². The van der Waals surface area contributed by atoms with Crippen LogP contribution in [0.1, 0.15) is 42.9 Å². The Balaban J connectivity index is 1.51. The van der Waals surface area contributed by atoms with Gasteiger partial charge in [0.2, 0.25) is 0 Å². The first kappa shape index (κ1) is 23.0. The van der Waals surface area contributed by atoms with Crippen molar-refractivity contribution < 1.29 is 9.53 Å². The van der Waals surface area contributed by atoms with Crippen molar-refractivity contribution in [2.45, 2.75) is 46.6 Å². The van der Waals surface area contributed by atoms with Gasteiger partial charge in [0.15, 0.2) is 11.7 Å². The van der Waals surface area contributed by atoms with Gasteiger partial charge in [-0.3, -0.25) is 9.69 Å². The molecule has 0 aliphatic carbocycles. The van der Waals surface area contributed by atoms with Crippen molar-refractivity contribution in [2.24, 2.45) is 0 Å². The molecule has 1 amide bonds. The van der Waals surface area contributed by atoms with Crippen LogP contribution in [0, 0.1) is 13.8 Å². The molecule has 2 heterocycles. The van der Waals surface area contributed by atoms with Crippen LogP contribution in [0.2, 0.25) is 0 Å². The lowest BCUT2D eigenvalue weighted by Crippen LogP contribution is -2.36. The summed E-state index contributed by atoms with van der Waals surface area (Å²) in [5.74, 6) is 1.06. The molecule has 2 aromatic heterocycles. The Morgan fingerprint density at radius 1 is 1.15 bits per heavy atom. The van der Waals surface area contributed by atoms with Crippen molar-refractivity contribution in [1.29, 1.82) is 0 Å². The van der Waals surface area contributed by atoms with Crippen molar-refractivity contribution in [3.8, 4) is 5.75 Å². The normalized spacial score (nSPS) is 11.3. The van der Waals surface area contributed by atoms with E-state index in [0.29, 0.717) is 23.3 Å². The van der Waals surface area contributed by atoms with Crippen LogP contribution in [0.15, 0.2) is 55.1 Å². The van der Waals surface area contributed by atoms with Gasteiger partial charge < -0.3 is 9.30 Å². The number of aromatic nitrogens is 3. The molecule has 0 N–H and O–H groups in total. The van der Waals surface area contributed by atoms with E-state index in [1.54, 1.807) is 28.8 Å². The second-order valence-electron chi connectivity index (χ2n) is 8.56. The smallest absolute Gasteiger partial charge is 0.266 e. The highest BCUT2D eigenvalue weighted by atomic mass is 32.1. The molecule has 0 saturated carbocycles. The minimum absolute atomic E-state index is 0.0277. The van der Waals surface area contributed by atoms with Crippen LogP contribution >= 0.6 is 11.3 Å². The predicted octanol–water partition coefficient (Wildman–Crippen LogP) is 5.74. The SMILES string of the molecule is Cc1ccc2sc(N(CCCn3ccnc3)C(=O)COc3ccc(C(C)C)cc3)nc2c1C. The maximum absolute atomic E-state index is 13.3. The van der Waals surface area contributed by atoms with Gasteiger partial charge in [-0.05, 0) is 61.1 Å². The topological polar surface area (TPSA) is 60.2 Å². The highest BCUT2D eigenvalue weighted by Gasteiger charge is 2.21. The minimum Gasteiger partial charge on any atom is -0.484 e. The molecule has 4 aromatic rings. The third-order valence-electron chi connectivity index (χ3n) is 5.87. The van der Waals surface area contributed by atoms with E-state index >= 15 is 0 Å². The predicted molar refractivity (Wildman–Crippen MR) is 134 cm³/mol. The van der Waals surface area contributed by atoms with Crippen LogP contribution < -0.4 is 9.64 Å². The lowest BCUT2D eigenvalue weighted by Gasteiger charge is -2.20. The van der Waals surface area contributed by atoms with Gasteiger partial charge in [0.1, 0.15) is 5.75 Å². The molecule has 33 heavy (non-hydrogen) atoms. The number of rotatable bonds is 9. The lowest BCUT2D eigenvalue weighted by molar-refractivity contribution is -0.120. The molecule has 2 aromatic carbocycles. The molecule has 0 spiro atoms. The number of ether oxygens (including phenoxy) is 1. The number of aryl methyl sites for hydroxylation is 3. The molecular weight excluding hydrogens is 432 g/mol. The van der Waals surface area contributed by atoms with E-state index in [1.165, 1.54) is 11.1 Å². The monoisotopic (exact) mass is 462 g/mol. The summed E-state index contributed by atoms with van der Waals surface area (Å²) in [6.07, 6.45) is 6.28. The molecule has 7 heteroatoms. The summed E-state index contributed by atoms with van der Waals surface area (Å²) in [4.78, 5) is 24.0. The van der Waals surface area contributed by atoms with Crippen molar-refractivity contribution >= 4 is 32.6 Å². The van der Waals surface area contributed by atoms with E-state index < -0.39 is 0 Å². The molecular formula is C26H30N4O2S. The van der Waals surface area contributed by atoms with E-state index in [1.807, 2.05) is 35.0 Å². The highest BCUT2D eigenvalue weighted by molar-refractivity contribution is 7.22. The summed E-state index contributed by atoms with van der Waals surface area (Å²) in [6, 6.07) is 12.1. The largest absolute Gasteiger partial charge is 0.484 e. The summed E-state index contributed by atoms with van der Waals surface area (Å²) >= 11 is 1.55. The van der Waals surface area contributed by atoms with Crippen LogP contribution in [0.25, 0.3) is 10.2 Å². The number of imidazole rings is 1.